The van der Waals surface area contributed by atoms with Gasteiger partial charge in [0.2, 0.25) is 5.91 Å². The summed E-state index contributed by atoms with van der Waals surface area (Å²) in [4.78, 5) is 17.0. The van der Waals surface area contributed by atoms with Gasteiger partial charge in [-0.3, -0.25) is 4.79 Å². The molecule has 162 valence electrons. The highest BCUT2D eigenvalue weighted by atomic mass is 32.1. The number of nitrogens with zero attached hydrogens (tertiary/aromatic N) is 1. The molecule has 1 aliphatic heterocycles. The molecule has 1 N–H and O–H groups in total. The highest BCUT2D eigenvalue weighted by Crippen LogP contribution is 2.39. The minimum absolute atomic E-state index is 0.0630. The third kappa shape index (κ3) is 4.91. The summed E-state index contributed by atoms with van der Waals surface area (Å²) in [7, 11) is 3.20. The Hall–Kier alpha value is -3.26. The minimum Gasteiger partial charge on any atom is -0.493 e. The van der Waals surface area contributed by atoms with Gasteiger partial charge in [-0.1, -0.05) is 12.1 Å². The first kappa shape index (κ1) is 21.0. The first-order valence-corrected chi connectivity index (χ1v) is 10.9. The molecular formula is C23H24N2O5S. The van der Waals surface area contributed by atoms with E-state index >= 15 is 0 Å². The quantitative estimate of drug-likeness (QED) is 0.578. The number of rotatable bonds is 8. The van der Waals surface area contributed by atoms with Gasteiger partial charge in [-0.25, -0.2) is 4.98 Å². The molecule has 4 rings (SSSR count). The Balaban J connectivity index is 1.32. The lowest BCUT2D eigenvalue weighted by molar-refractivity contribution is -0.120. The first-order valence-electron chi connectivity index (χ1n) is 9.99. The lowest BCUT2D eigenvalue weighted by atomic mass is 10.1. The largest absolute Gasteiger partial charge is 0.493 e. The highest BCUT2D eigenvalue weighted by Gasteiger charge is 2.16. The van der Waals surface area contributed by atoms with Crippen LogP contribution in [0.25, 0.3) is 10.6 Å². The monoisotopic (exact) mass is 440 g/mol. The van der Waals surface area contributed by atoms with Crippen LogP contribution in [0.4, 0.5) is 0 Å². The van der Waals surface area contributed by atoms with Gasteiger partial charge in [-0.2, -0.15) is 0 Å². The zero-order valence-corrected chi connectivity index (χ0v) is 18.3. The predicted molar refractivity (Wildman–Crippen MR) is 119 cm³/mol. The first-order chi connectivity index (χ1) is 15.2. The van der Waals surface area contributed by atoms with E-state index in [0.717, 1.165) is 33.3 Å². The molecule has 1 aromatic heterocycles. The fourth-order valence-corrected chi connectivity index (χ4v) is 4.23. The molecule has 31 heavy (non-hydrogen) atoms. The van der Waals surface area contributed by atoms with E-state index in [-0.39, 0.29) is 12.3 Å². The Morgan fingerprint density at radius 3 is 2.77 bits per heavy atom. The number of benzene rings is 2. The lowest BCUT2D eigenvalue weighted by Crippen LogP contribution is -2.27. The van der Waals surface area contributed by atoms with E-state index < -0.39 is 0 Å². The highest BCUT2D eigenvalue weighted by molar-refractivity contribution is 7.13. The van der Waals surface area contributed by atoms with Gasteiger partial charge in [0.15, 0.2) is 23.0 Å². The summed E-state index contributed by atoms with van der Waals surface area (Å²) in [5, 5.41) is 5.64. The Bertz CT molecular complexity index is 1070. The van der Waals surface area contributed by atoms with Gasteiger partial charge < -0.3 is 24.3 Å². The average molecular weight is 441 g/mol. The van der Waals surface area contributed by atoms with Crippen LogP contribution in [0.5, 0.6) is 23.0 Å². The normalized spacial score (nSPS) is 12.3. The summed E-state index contributed by atoms with van der Waals surface area (Å²) < 4.78 is 22.0. The number of para-hydroxylation sites is 1. The third-order valence-corrected chi connectivity index (χ3v) is 5.79. The molecule has 1 aliphatic rings. The molecular weight excluding hydrogens is 416 g/mol. The van der Waals surface area contributed by atoms with Crippen LogP contribution in [0, 0.1) is 0 Å². The van der Waals surface area contributed by atoms with Gasteiger partial charge >= 0.3 is 0 Å². The summed E-state index contributed by atoms with van der Waals surface area (Å²) in [6.07, 6.45) is 0.940. The maximum absolute atomic E-state index is 12.4. The van der Waals surface area contributed by atoms with Crippen molar-refractivity contribution in [1.82, 2.24) is 10.3 Å². The Labute approximate surface area is 184 Å². The Kier molecular flexibility index (Phi) is 6.57. The summed E-state index contributed by atoms with van der Waals surface area (Å²) in [6, 6.07) is 11.5. The van der Waals surface area contributed by atoms with Crippen molar-refractivity contribution in [3.05, 3.63) is 53.0 Å². The minimum atomic E-state index is -0.0630. The van der Waals surface area contributed by atoms with Crippen molar-refractivity contribution < 1.29 is 23.7 Å². The van der Waals surface area contributed by atoms with Crippen molar-refractivity contribution in [3.63, 3.8) is 0 Å². The Morgan fingerprint density at radius 1 is 1.13 bits per heavy atom. The van der Waals surface area contributed by atoms with Crippen LogP contribution in [0.3, 0.4) is 0 Å². The molecule has 0 saturated heterocycles. The van der Waals surface area contributed by atoms with Crippen molar-refractivity contribution >= 4 is 17.2 Å². The number of fused-ring (bicyclic) bond motifs is 1. The van der Waals surface area contributed by atoms with Crippen molar-refractivity contribution in [2.24, 2.45) is 0 Å². The number of aromatic nitrogens is 1. The number of ether oxygens (including phenoxy) is 4. The fraction of sp³-hybridized carbons (Fsp3) is 0.304. The van der Waals surface area contributed by atoms with Gasteiger partial charge in [-0.05, 0) is 36.2 Å². The van der Waals surface area contributed by atoms with Gasteiger partial charge in [-0.15, -0.1) is 11.3 Å². The number of hydrogen-bond donors (Lipinski definition) is 1. The topological polar surface area (TPSA) is 78.9 Å². The predicted octanol–water partition coefficient (Wildman–Crippen LogP) is 3.50. The number of nitrogens with one attached hydrogen (secondary N) is 1. The summed E-state index contributed by atoms with van der Waals surface area (Å²) >= 11 is 1.47. The van der Waals surface area contributed by atoms with Crippen LogP contribution in [0.2, 0.25) is 0 Å². The number of hydrogen-bond acceptors (Lipinski definition) is 7. The molecule has 0 fully saturated rings. The third-order valence-electron chi connectivity index (χ3n) is 4.87. The van der Waals surface area contributed by atoms with Crippen molar-refractivity contribution in [1.29, 1.82) is 0 Å². The molecule has 0 bridgehead atoms. The van der Waals surface area contributed by atoms with Gasteiger partial charge in [0.1, 0.15) is 18.2 Å². The van der Waals surface area contributed by atoms with E-state index in [2.05, 4.69) is 10.3 Å². The molecule has 1 amide bonds. The standard InChI is InChI=1S/C23H24N2O5S/c1-27-19-5-3-4-17(22(19)28-2)23-25-16(14-31-23)13-21(26)24-9-8-15-6-7-18-20(12-15)30-11-10-29-18/h3-7,12,14H,8-11,13H2,1-2H3,(H,24,26). The molecule has 0 spiro atoms. The van der Waals surface area contributed by atoms with Crippen molar-refractivity contribution in [2.45, 2.75) is 12.8 Å². The maximum Gasteiger partial charge on any atom is 0.226 e. The van der Waals surface area contributed by atoms with Gasteiger partial charge in [0, 0.05) is 11.9 Å². The van der Waals surface area contributed by atoms with Crippen LogP contribution in [-0.2, 0) is 17.6 Å². The maximum atomic E-state index is 12.4. The van der Waals surface area contributed by atoms with Crippen LogP contribution >= 0.6 is 11.3 Å². The Morgan fingerprint density at radius 2 is 1.97 bits per heavy atom. The molecule has 0 saturated carbocycles. The van der Waals surface area contributed by atoms with E-state index in [1.165, 1.54) is 11.3 Å². The zero-order valence-electron chi connectivity index (χ0n) is 17.5. The van der Waals surface area contributed by atoms with E-state index in [1.807, 2.05) is 41.8 Å². The molecule has 2 heterocycles. The molecule has 0 unspecified atom stereocenters. The average Bonchev–Trinajstić information content (AvgIpc) is 3.26. The summed E-state index contributed by atoms with van der Waals surface area (Å²) in [5.41, 5.74) is 2.66. The van der Waals surface area contributed by atoms with Gasteiger partial charge in [0.05, 0.1) is 31.9 Å². The zero-order chi connectivity index (χ0) is 21.6. The molecule has 2 aromatic carbocycles. The van der Waals surface area contributed by atoms with Crippen molar-refractivity contribution in [2.75, 3.05) is 34.0 Å². The van der Waals surface area contributed by atoms with E-state index in [4.69, 9.17) is 18.9 Å². The number of carbonyl (C=O) groups is 1. The van der Waals surface area contributed by atoms with Crippen LogP contribution < -0.4 is 24.3 Å². The second kappa shape index (κ2) is 9.70. The fourth-order valence-electron chi connectivity index (χ4n) is 3.38. The number of thiazole rings is 1. The van der Waals surface area contributed by atoms with Crippen LogP contribution in [-0.4, -0.2) is 44.9 Å². The van der Waals surface area contributed by atoms with Crippen LogP contribution in [0.1, 0.15) is 11.3 Å². The summed E-state index contributed by atoms with van der Waals surface area (Å²) in [6.45, 7) is 1.68. The number of methoxy groups -OCH3 is 2. The number of carbonyl (C=O) groups excluding carboxylic acids is 1. The van der Waals surface area contributed by atoms with E-state index in [9.17, 15) is 4.79 Å². The van der Waals surface area contributed by atoms with Crippen molar-refractivity contribution in [3.8, 4) is 33.6 Å². The molecule has 0 atom stereocenters. The lowest BCUT2D eigenvalue weighted by Gasteiger charge is -2.18. The summed E-state index contributed by atoms with van der Waals surface area (Å²) in [5.74, 6) is 2.75. The molecule has 3 aromatic rings. The second-order valence-electron chi connectivity index (χ2n) is 6.94. The molecule has 0 aliphatic carbocycles. The van der Waals surface area contributed by atoms with Gasteiger partial charge in [0.25, 0.3) is 0 Å². The SMILES string of the molecule is COc1cccc(-c2nc(CC(=O)NCCc3ccc4c(c3)OCCO4)cs2)c1OC. The smallest absolute Gasteiger partial charge is 0.226 e. The second-order valence-corrected chi connectivity index (χ2v) is 7.80. The number of amides is 1. The van der Waals surface area contributed by atoms with E-state index in [1.54, 1.807) is 14.2 Å². The van der Waals surface area contributed by atoms with Crippen LogP contribution in [0.15, 0.2) is 41.8 Å². The van der Waals surface area contributed by atoms with E-state index in [0.29, 0.717) is 37.7 Å². The molecule has 7 nitrogen and oxygen atoms in total. The molecule has 8 heteroatoms. The molecule has 0 radical (unpaired) electrons.